The number of imidazole rings is 1. The van der Waals surface area contributed by atoms with E-state index in [4.69, 9.17) is 16.6 Å². The van der Waals surface area contributed by atoms with Crippen LogP contribution < -0.4 is 0 Å². The van der Waals surface area contributed by atoms with Gasteiger partial charge in [-0.3, -0.25) is 4.68 Å². The van der Waals surface area contributed by atoms with Gasteiger partial charge in [-0.1, -0.05) is 13.3 Å². The fraction of sp³-hybridized carbons (Fsp3) is 0.714. The summed E-state index contributed by atoms with van der Waals surface area (Å²) in [6.45, 7) is 2.18. The highest BCUT2D eigenvalue weighted by atomic mass is 35.5. The van der Waals surface area contributed by atoms with Crippen LogP contribution in [-0.4, -0.2) is 30.8 Å². The van der Waals surface area contributed by atoms with Gasteiger partial charge in [0.2, 0.25) is 0 Å². The number of nitrogens with zero attached hydrogens (tertiary/aromatic N) is 4. The first-order chi connectivity index (χ1) is 9.76. The minimum atomic E-state index is 0.476. The molecule has 0 bridgehead atoms. The second-order valence-electron chi connectivity index (χ2n) is 5.37. The molecule has 2 aromatic heterocycles. The molecule has 3 rings (SSSR count). The van der Waals surface area contributed by atoms with Crippen molar-refractivity contribution in [3.05, 3.63) is 11.5 Å². The van der Waals surface area contributed by atoms with Crippen LogP contribution in [-0.2, 0) is 19.3 Å². The SMILES string of the molecule is CCCc1nn(C)c2c1nc(CCl)n2C1CCSCC1. The molecule has 1 fully saturated rings. The third kappa shape index (κ3) is 2.35. The molecule has 1 saturated heterocycles. The fourth-order valence-electron chi connectivity index (χ4n) is 3.07. The lowest BCUT2D eigenvalue weighted by atomic mass is 10.1. The topological polar surface area (TPSA) is 35.6 Å². The number of hydrogen-bond donors (Lipinski definition) is 0. The van der Waals surface area contributed by atoms with Crippen molar-refractivity contribution in [3.63, 3.8) is 0 Å². The summed E-state index contributed by atoms with van der Waals surface area (Å²) in [5.41, 5.74) is 3.32. The van der Waals surface area contributed by atoms with E-state index in [0.29, 0.717) is 11.9 Å². The van der Waals surface area contributed by atoms with E-state index in [1.807, 2.05) is 23.5 Å². The molecular weight excluding hydrogens is 292 g/mol. The molecular formula is C14H21ClN4S. The number of halogens is 1. The molecule has 0 atom stereocenters. The number of hydrogen-bond acceptors (Lipinski definition) is 3. The van der Waals surface area contributed by atoms with E-state index in [0.717, 1.165) is 35.5 Å². The van der Waals surface area contributed by atoms with Crippen LogP contribution in [0.3, 0.4) is 0 Å². The summed E-state index contributed by atoms with van der Waals surface area (Å²) in [7, 11) is 2.02. The van der Waals surface area contributed by atoms with E-state index in [-0.39, 0.29) is 0 Å². The Morgan fingerprint density at radius 3 is 2.75 bits per heavy atom. The maximum Gasteiger partial charge on any atom is 0.158 e. The molecule has 20 heavy (non-hydrogen) atoms. The molecule has 3 heterocycles. The Bertz CT molecular complexity index is 598. The molecule has 6 heteroatoms. The average molecular weight is 313 g/mol. The van der Waals surface area contributed by atoms with E-state index < -0.39 is 0 Å². The van der Waals surface area contributed by atoms with E-state index in [1.54, 1.807) is 0 Å². The monoisotopic (exact) mass is 312 g/mol. The van der Waals surface area contributed by atoms with Gasteiger partial charge >= 0.3 is 0 Å². The molecule has 4 nitrogen and oxygen atoms in total. The van der Waals surface area contributed by atoms with Gasteiger partial charge in [0, 0.05) is 13.1 Å². The Morgan fingerprint density at radius 1 is 1.35 bits per heavy atom. The summed E-state index contributed by atoms with van der Waals surface area (Å²) < 4.78 is 4.35. The second-order valence-corrected chi connectivity index (χ2v) is 6.86. The normalized spacial score (nSPS) is 17.1. The van der Waals surface area contributed by atoms with Gasteiger partial charge in [0.05, 0.1) is 11.6 Å². The Labute approximate surface area is 128 Å². The molecule has 2 aromatic rings. The third-order valence-electron chi connectivity index (χ3n) is 3.97. The van der Waals surface area contributed by atoms with Gasteiger partial charge in [-0.15, -0.1) is 11.6 Å². The lowest BCUT2D eigenvalue weighted by Gasteiger charge is -2.24. The van der Waals surface area contributed by atoms with Crippen molar-refractivity contribution in [2.75, 3.05) is 11.5 Å². The molecule has 0 amide bonds. The van der Waals surface area contributed by atoms with Crippen LogP contribution in [0.15, 0.2) is 0 Å². The zero-order valence-electron chi connectivity index (χ0n) is 12.1. The Morgan fingerprint density at radius 2 is 2.10 bits per heavy atom. The van der Waals surface area contributed by atoms with Crippen LogP contribution in [0.5, 0.6) is 0 Å². The predicted octanol–water partition coefficient (Wildman–Crippen LogP) is 3.53. The van der Waals surface area contributed by atoms with Gasteiger partial charge in [0.15, 0.2) is 5.65 Å². The summed E-state index contributed by atoms with van der Waals surface area (Å²) in [6, 6.07) is 0.528. The van der Waals surface area contributed by atoms with Gasteiger partial charge in [-0.25, -0.2) is 4.98 Å². The van der Waals surface area contributed by atoms with Crippen LogP contribution in [0.25, 0.3) is 11.2 Å². The van der Waals surface area contributed by atoms with Crippen molar-refractivity contribution in [2.45, 2.75) is 44.5 Å². The van der Waals surface area contributed by atoms with Crippen molar-refractivity contribution < 1.29 is 0 Å². The maximum atomic E-state index is 6.14. The van der Waals surface area contributed by atoms with Gasteiger partial charge in [0.1, 0.15) is 11.3 Å². The van der Waals surface area contributed by atoms with Gasteiger partial charge < -0.3 is 4.57 Å². The fourth-order valence-corrected chi connectivity index (χ4v) is 4.34. The van der Waals surface area contributed by atoms with Crippen molar-refractivity contribution in [3.8, 4) is 0 Å². The smallest absolute Gasteiger partial charge is 0.158 e. The van der Waals surface area contributed by atoms with Crippen molar-refractivity contribution >= 4 is 34.5 Å². The number of fused-ring (bicyclic) bond motifs is 1. The zero-order valence-corrected chi connectivity index (χ0v) is 13.7. The highest BCUT2D eigenvalue weighted by Gasteiger charge is 2.25. The Kier molecular flexibility index (Phi) is 4.26. The summed E-state index contributed by atoms with van der Waals surface area (Å²) in [5.74, 6) is 3.94. The van der Waals surface area contributed by atoms with E-state index in [2.05, 4.69) is 16.6 Å². The van der Waals surface area contributed by atoms with Crippen LogP contribution >= 0.6 is 23.4 Å². The van der Waals surface area contributed by atoms with Gasteiger partial charge in [-0.2, -0.15) is 16.9 Å². The largest absolute Gasteiger partial charge is 0.309 e. The quantitative estimate of drug-likeness (QED) is 0.810. The number of alkyl halides is 1. The molecule has 1 aliphatic heterocycles. The first-order valence-electron chi connectivity index (χ1n) is 7.32. The summed E-state index contributed by atoms with van der Waals surface area (Å²) in [6.07, 6.45) is 4.48. The summed E-state index contributed by atoms with van der Waals surface area (Å²) in [4.78, 5) is 4.79. The summed E-state index contributed by atoms with van der Waals surface area (Å²) in [5, 5.41) is 4.66. The lowest BCUT2D eigenvalue weighted by Crippen LogP contribution is -2.18. The predicted molar refractivity (Wildman–Crippen MR) is 85.6 cm³/mol. The van der Waals surface area contributed by atoms with Gasteiger partial charge in [-0.05, 0) is 30.8 Å². The summed E-state index contributed by atoms with van der Waals surface area (Å²) >= 11 is 8.19. The molecule has 0 aromatic carbocycles. The van der Waals surface area contributed by atoms with E-state index in [9.17, 15) is 0 Å². The number of aromatic nitrogens is 4. The zero-order chi connectivity index (χ0) is 14.1. The van der Waals surface area contributed by atoms with Crippen molar-refractivity contribution in [1.82, 2.24) is 19.3 Å². The second kappa shape index (κ2) is 5.98. The van der Waals surface area contributed by atoms with Crippen LogP contribution in [0.4, 0.5) is 0 Å². The molecule has 0 radical (unpaired) electrons. The van der Waals surface area contributed by atoms with Crippen molar-refractivity contribution in [2.24, 2.45) is 7.05 Å². The highest BCUT2D eigenvalue weighted by Crippen LogP contribution is 2.33. The molecule has 0 saturated carbocycles. The molecule has 110 valence electrons. The third-order valence-corrected chi connectivity index (χ3v) is 5.26. The van der Waals surface area contributed by atoms with Crippen LogP contribution in [0.1, 0.15) is 43.7 Å². The lowest BCUT2D eigenvalue weighted by molar-refractivity contribution is 0.461. The first kappa shape index (κ1) is 14.3. The van der Waals surface area contributed by atoms with Gasteiger partial charge in [0.25, 0.3) is 0 Å². The highest BCUT2D eigenvalue weighted by molar-refractivity contribution is 7.99. The average Bonchev–Trinajstić information content (AvgIpc) is 2.99. The number of rotatable bonds is 4. The molecule has 0 aliphatic carbocycles. The van der Waals surface area contributed by atoms with E-state index in [1.165, 1.54) is 24.3 Å². The Hall–Kier alpha value is -0.680. The molecule has 0 unspecified atom stereocenters. The number of aryl methyl sites for hydroxylation is 2. The van der Waals surface area contributed by atoms with Crippen molar-refractivity contribution in [1.29, 1.82) is 0 Å². The molecule has 0 spiro atoms. The van der Waals surface area contributed by atoms with Crippen LogP contribution in [0.2, 0.25) is 0 Å². The standard InChI is InChI=1S/C14H21ClN4S/c1-3-4-11-13-14(18(2)17-11)19(12(9-15)16-13)10-5-7-20-8-6-10/h10H,3-9H2,1-2H3. The minimum absolute atomic E-state index is 0.476. The first-order valence-corrected chi connectivity index (χ1v) is 9.01. The Balaban J connectivity index is 2.13. The molecule has 0 N–H and O–H groups in total. The van der Waals surface area contributed by atoms with E-state index >= 15 is 0 Å². The maximum absolute atomic E-state index is 6.14. The van der Waals surface area contributed by atoms with Crippen LogP contribution in [0, 0.1) is 0 Å². The number of thioether (sulfide) groups is 1. The minimum Gasteiger partial charge on any atom is -0.309 e. The molecule has 1 aliphatic rings.